The lowest BCUT2D eigenvalue weighted by Gasteiger charge is -2.07. The Labute approximate surface area is 125 Å². The van der Waals surface area contributed by atoms with E-state index in [9.17, 15) is 4.79 Å². The number of aryl methyl sites for hydroxylation is 1. The van der Waals surface area contributed by atoms with Gasteiger partial charge in [0, 0.05) is 25.1 Å². The second-order valence-corrected chi connectivity index (χ2v) is 4.92. The van der Waals surface area contributed by atoms with Crippen molar-refractivity contribution in [2.75, 3.05) is 19.6 Å². The molecular formula is C15H24N4O2. The van der Waals surface area contributed by atoms with Crippen molar-refractivity contribution in [3.05, 3.63) is 35.4 Å². The molecule has 1 amide bonds. The van der Waals surface area contributed by atoms with Crippen molar-refractivity contribution >= 4 is 11.7 Å². The molecule has 0 heterocycles. The fourth-order valence-corrected chi connectivity index (χ4v) is 1.80. The minimum Gasteiger partial charge on any atom is -0.409 e. The van der Waals surface area contributed by atoms with E-state index in [2.05, 4.69) is 15.8 Å². The van der Waals surface area contributed by atoms with Gasteiger partial charge in [-0.05, 0) is 38.4 Å². The number of hydrogen-bond donors (Lipinski definition) is 4. The fraction of sp³-hybridized carbons (Fsp3) is 0.467. The van der Waals surface area contributed by atoms with E-state index in [0.29, 0.717) is 18.5 Å². The Kier molecular flexibility index (Phi) is 7.89. The van der Waals surface area contributed by atoms with Gasteiger partial charge in [-0.1, -0.05) is 22.9 Å². The first kappa shape index (κ1) is 17.0. The van der Waals surface area contributed by atoms with Gasteiger partial charge in [0.25, 0.3) is 5.91 Å². The molecule has 0 saturated heterocycles. The summed E-state index contributed by atoms with van der Waals surface area (Å²) in [5, 5.41) is 17.4. The molecule has 0 fully saturated rings. The normalized spacial score (nSPS) is 11.4. The number of nitrogens with one attached hydrogen (secondary N) is 2. The quantitative estimate of drug-likeness (QED) is 0.181. The molecule has 0 unspecified atom stereocenters. The van der Waals surface area contributed by atoms with Crippen LogP contribution >= 0.6 is 0 Å². The average molecular weight is 292 g/mol. The third-order valence-electron chi connectivity index (χ3n) is 3.07. The zero-order chi connectivity index (χ0) is 15.5. The van der Waals surface area contributed by atoms with Crippen molar-refractivity contribution in [1.29, 1.82) is 0 Å². The van der Waals surface area contributed by atoms with Gasteiger partial charge in [-0.3, -0.25) is 4.79 Å². The lowest BCUT2D eigenvalue weighted by atomic mass is 10.1. The van der Waals surface area contributed by atoms with Crippen molar-refractivity contribution in [3.8, 4) is 0 Å². The summed E-state index contributed by atoms with van der Waals surface area (Å²) in [4.78, 5) is 11.8. The van der Waals surface area contributed by atoms with Gasteiger partial charge >= 0.3 is 0 Å². The van der Waals surface area contributed by atoms with Gasteiger partial charge < -0.3 is 21.6 Å². The molecule has 0 aromatic heterocycles. The highest BCUT2D eigenvalue weighted by Gasteiger charge is 2.03. The van der Waals surface area contributed by atoms with E-state index < -0.39 is 0 Å². The number of carbonyl (C=O) groups is 1. The molecular weight excluding hydrogens is 268 g/mol. The standard InChI is InChI=1S/C15H24N4O2/c1-12-5-7-13(8-6-12)15(20)18-11-10-17-9-3-2-4-14(16)19-21/h5-8,17,21H,2-4,9-11H2,1H3,(H2,16,19)(H,18,20). The predicted molar refractivity (Wildman–Crippen MR) is 83.6 cm³/mol. The molecule has 0 radical (unpaired) electrons. The Balaban J connectivity index is 2.04. The topological polar surface area (TPSA) is 99.7 Å². The SMILES string of the molecule is Cc1ccc(C(=O)NCCNCCCCC(N)=NO)cc1. The molecule has 0 aliphatic rings. The molecule has 1 aromatic carbocycles. The maximum absolute atomic E-state index is 11.8. The van der Waals surface area contributed by atoms with Gasteiger partial charge in [0.15, 0.2) is 0 Å². The lowest BCUT2D eigenvalue weighted by Crippen LogP contribution is -2.32. The first-order valence-corrected chi connectivity index (χ1v) is 7.15. The molecule has 0 atom stereocenters. The smallest absolute Gasteiger partial charge is 0.251 e. The molecule has 0 spiro atoms. The maximum atomic E-state index is 11.8. The van der Waals surface area contributed by atoms with E-state index in [0.717, 1.165) is 31.5 Å². The predicted octanol–water partition coefficient (Wildman–Crippen LogP) is 1.23. The first-order valence-electron chi connectivity index (χ1n) is 7.15. The third kappa shape index (κ3) is 7.31. The molecule has 6 heteroatoms. The summed E-state index contributed by atoms with van der Waals surface area (Å²) in [6, 6.07) is 7.50. The van der Waals surface area contributed by atoms with E-state index in [4.69, 9.17) is 10.9 Å². The zero-order valence-corrected chi connectivity index (χ0v) is 12.4. The van der Waals surface area contributed by atoms with E-state index in [1.165, 1.54) is 0 Å². The van der Waals surface area contributed by atoms with Crippen molar-refractivity contribution in [3.63, 3.8) is 0 Å². The number of rotatable bonds is 9. The zero-order valence-electron chi connectivity index (χ0n) is 12.4. The first-order chi connectivity index (χ1) is 10.1. The molecule has 0 bridgehead atoms. The Bertz CT molecular complexity index is 457. The number of amidine groups is 1. The van der Waals surface area contributed by atoms with Gasteiger partial charge in [-0.15, -0.1) is 0 Å². The molecule has 0 saturated carbocycles. The van der Waals surface area contributed by atoms with Gasteiger partial charge in [0.2, 0.25) is 0 Å². The Hall–Kier alpha value is -2.08. The van der Waals surface area contributed by atoms with Gasteiger partial charge in [-0.2, -0.15) is 0 Å². The lowest BCUT2D eigenvalue weighted by molar-refractivity contribution is 0.0954. The second-order valence-electron chi connectivity index (χ2n) is 4.92. The van der Waals surface area contributed by atoms with Gasteiger partial charge in [0.1, 0.15) is 5.84 Å². The summed E-state index contributed by atoms with van der Waals surface area (Å²) in [5.41, 5.74) is 7.18. The molecule has 0 aliphatic carbocycles. The molecule has 21 heavy (non-hydrogen) atoms. The van der Waals surface area contributed by atoms with Crippen LogP contribution in [0.25, 0.3) is 0 Å². The maximum Gasteiger partial charge on any atom is 0.251 e. The Morgan fingerprint density at radius 2 is 1.90 bits per heavy atom. The fourth-order valence-electron chi connectivity index (χ4n) is 1.80. The van der Waals surface area contributed by atoms with Crippen LogP contribution in [0.15, 0.2) is 29.4 Å². The Morgan fingerprint density at radius 3 is 2.57 bits per heavy atom. The van der Waals surface area contributed by atoms with Crippen molar-refractivity contribution < 1.29 is 10.0 Å². The molecule has 1 rings (SSSR count). The number of oxime groups is 1. The van der Waals surface area contributed by atoms with Crippen molar-refractivity contribution in [2.45, 2.75) is 26.2 Å². The molecule has 6 nitrogen and oxygen atoms in total. The minimum atomic E-state index is -0.0521. The van der Waals surface area contributed by atoms with Crippen LogP contribution in [-0.4, -0.2) is 36.6 Å². The summed E-state index contributed by atoms with van der Waals surface area (Å²) in [6.07, 6.45) is 2.42. The van der Waals surface area contributed by atoms with Crippen LogP contribution in [0.5, 0.6) is 0 Å². The number of nitrogens with two attached hydrogens (primary N) is 1. The number of benzene rings is 1. The van der Waals surface area contributed by atoms with Crippen molar-refractivity contribution in [2.24, 2.45) is 10.9 Å². The van der Waals surface area contributed by atoms with Crippen molar-refractivity contribution in [1.82, 2.24) is 10.6 Å². The van der Waals surface area contributed by atoms with Crippen LogP contribution in [0.3, 0.4) is 0 Å². The minimum absolute atomic E-state index is 0.0521. The highest BCUT2D eigenvalue weighted by molar-refractivity contribution is 5.94. The van der Waals surface area contributed by atoms with Gasteiger partial charge in [0.05, 0.1) is 0 Å². The van der Waals surface area contributed by atoms with Crippen LogP contribution in [0.4, 0.5) is 0 Å². The summed E-state index contributed by atoms with van der Waals surface area (Å²) in [7, 11) is 0. The van der Waals surface area contributed by atoms with E-state index in [1.54, 1.807) is 0 Å². The largest absolute Gasteiger partial charge is 0.409 e. The van der Waals surface area contributed by atoms with Crippen LogP contribution in [0, 0.1) is 6.92 Å². The third-order valence-corrected chi connectivity index (χ3v) is 3.07. The summed E-state index contributed by atoms with van der Waals surface area (Å²) in [5.74, 6) is 0.212. The number of hydrogen-bond acceptors (Lipinski definition) is 4. The van der Waals surface area contributed by atoms with Crippen LogP contribution in [0.2, 0.25) is 0 Å². The average Bonchev–Trinajstić information content (AvgIpc) is 2.50. The summed E-state index contributed by atoms with van der Waals surface area (Å²) in [6.45, 7) is 4.15. The Morgan fingerprint density at radius 1 is 1.19 bits per heavy atom. The summed E-state index contributed by atoms with van der Waals surface area (Å²) < 4.78 is 0. The monoisotopic (exact) mass is 292 g/mol. The van der Waals surface area contributed by atoms with Crippen LogP contribution in [0.1, 0.15) is 35.2 Å². The highest BCUT2D eigenvalue weighted by Crippen LogP contribution is 2.02. The van der Waals surface area contributed by atoms with E-state index >= 15 is 0 Å². The van der Waals surface area contributed by atoms with E-state index in [1.807, 2.05) is 31.2 Å². The highest BCUT2D eigenvalue weighted by atomic mass is 16.4. The molecule has 1 aromatic rings. The molecule has 5 N–H and O–H groups in total. The number of nitrogens with zero attached hydrogens (tertiary/aromatic N) is 1. The van der Waals surface area contributed by atoms with Gasteiger partial charge in [-0.25, -0.2) is 0 Å². The van der Waals surface area contributed by atoms with Crippen LogP contribution in [-0.2, 0) is 0 Å². The summed E-state index contributed by atoms with van der Waals surface area (Å²) >= 11 is 0. The molecule has 116 valence electrons. The van der Waals surface area contributed by atoms with Crippen LogP contribution < -0.4 is 16.4 Å². The number of amides is 1. The number of carbonyl (C=O) groups excluding carboxylic acids is 1. The second kappa shape index (κ2) is 9.77. The number of unbranched alkanes of at least 4 members (excludes halogenated alkanes) is 1. The van der Waals surface area contributed by atoms with E-state index in [-0.39, 0.29) is 11.7 Å². The molecule has 0 aliphatic heterocycles.